The molecule has 0 fully saturated rings. The molecule has 1 unspecified atom stereocenters. The second kappa shape index (κ2) is 7.09. The average molecular weight is 335 g/mol. The smallest absolute Gasteiger partial charge is 0.274 e. The third-order valence-corrected chi connectivity index (χ3v) is 4.82. The van der Waals surface area contributed by atoms with Gasteiger partial charge in [0.25, 0.3) is 5.91 Å². The van der Waals surface area contributed by atoms with Gasteiger partial charge in [0, 0.05) is 11.9 Å². The van der Waals surface area contributed by atoms with Crippen molar-refractivity contribution in [3.63, 3.8) is 0 Å². The fourth-order valence-electron chi connectivity index (χ4n) is 3.18. The molecule has 130 valence electrons. The predicted octanol–water partition coefficient (Wildman–Crippen LogP) is 4.97. The van der Waals surface area contributed by atoms with E-state index in [1.54, 1.807) is 0 Å². The number of para-hydroxylation sites is 1. The van der Waals surface area contributed by atoms with Crippen LogP contribution in [0.15, 0.2) is 42.6 Å². The summed E-state index contributed by atoms with van der Waals surface area (Å²) in [5.41, 5.74) is 5.41. The van der Waals surface area contributed by atoms with Gasteiger partial charge in [0.15, 0.2) is 0 Å². The van der Waals surface area contributed by atoms with Crippen LogP contribution in [0.2, 0.25) is 0 Å². The molecular formula is C21H25N3O. The molecule has 0 aliphatic heterocycles. The summed E-state index contributed by atoms with van der Waals surface area (Å²) in [6.07, 6.45) is 3.66. The number of hydrogen-bond acceptors (Lipinski definition) is 2. The lowest BCUT2D eigenvalue weighted by Crippen LogP contribution is -2.17. The molecule has 3 aromatic rings. The SMILES string of the molecule is CCc1nc2c(C)cccn2c1C(=O)Nc1ccccc1C(C)CC. The van der Waals surface area contributed by atoms with Gasteiger partial charge in [0.2, 0.25) is 0 Å². The van der Waals surface area contributed by atoms with Gasteiger partial charge < -0.3 is 5.32 Å². The maximum Gasteiger partial charge on any atom is 0.274 e. The zero-order valence-corrected chi connectivity index (χ0v) is 15.3. The number of aromatic nitrogens is 2. The van der Waals surface area contributed by atoms with Crippen molar-refractivity contribution in [2.75, 3.05) is 5.32 Å². The maximum absolute atomic E-state index is 13.1. The first-order valence-corrected chi connectivity index (χ1v) is 8.93. The van der Waals surface area contributed by atoms with Gasteiger partial charge in [0.1, 0.15) is 11.3 Å². The Kier molecular flexibility index (Phi) is 4.88. The van der Waals surface area contributed by atoms with Crippen molar-refractivity contribution in [2.45, 2.75) is 46.5 Å². The van der Waals surface area contributed by atoms with Crippen LogP contribution < -0.4 is 5.32 Å². The van der Waals surface area contributed by atoms with Gasteiger partial charge in [-0.1, -0.05) is 45.0 Å². The first-order chi connectivity index (χ1) is 12.1. The Morgan fingerprint density at radius 3 is 2.68 bits per heavy atom. The summed E-state index contributed by atoms with van der Waals surface area (Å²) in [4.78, 5) is 17.7. The molecular weight excluding hydrogens is 310 g/mol. The van der Waals surface area contributed by atoms with Gasteiger partial charge in [-0.3, -0.25) is 9.20 Å². The lowest BCUT2D eigenvalue weighted by molar-refractivity contribution is 0.102. The Bertz CT molecular complexity index is 911. The number of amides is 1. The van der Waals surface area contributed by atoms with E-state index in [1.165, 1.54) is 5.56 Å². The second-order valence-corrected chi connectivity index (χ2v) is 6.50. The van der Waals surface area contributed by atoms with Crippen LogP contribution in [0, 0.1) is 6.92 Å². The molecule has 4 nitrogen and oxygen atoms in total. The second-order valence-electron chi connectivity index (χ2n) is 6.50. The number of aryl methyl sites for hydroxylation is 2. The Morgan fingerprint density at radius 1 is 1.20 bits per heavy atom. The summed E-state index contributed by atoms with van der Waals surface area (Å²) in [6, 6.07) is 12.0. The minimum atomic E-state index is -0.106. The maximum atomic E-state index is 13.1. The van der Waals surface area contributed by atoms with Crippen LogP contribution >= 0.6 is 0 Å². The molecule has 0 spiro atoms. The van der Waals surface area contributed by atoms with Crippen LogP contribution in [-0.4, -0.2) is 15.3 Å². The van der Waals surface area contributed by atoms with E-state index in [-0.39, 0.29) is 5.91 Å². The van der Waals surface area contributed by atoms with Gasteiger partial charge in [-0.25, -0.2) is 4.98 Å². The molecule has 0 saturated heterocycles. The van der Waals surface area contributed by atoms with Crippen LogP contribution in [0.5, 0.6) is 0 Å². The number of benzene rings is 1. The van der Waals surface area contributed by atoms with E-state index < -0.39 is 0 Å². The first kappa shape index (κ1) is 17.2. The van der Waals surface area contributed by atoms with Crippen molar-refractivity contribution in [3.8, 4) is 0 Å². The number of hydrogen-bond donors (Lipinski definition) is 1. The molecule has 25 heavy (non-hydrogen) atoms. The van der Waals surface area contributed by atoms with E-state index in [1.807, 2.05) is 54.8 Å². The molecule has 2 aromatic heterocycles. The summed E-state index contributed by atoms with van der Waals surface area (Å²) in [6.45, 7) is 8.38. The molecule has 3 rings (SSSR count). The molecule has 4 heteroatoms. The normalized spacial score (nSPS) is 12.3. The third-order valence-electron chi connectivity index (χ3n) is 4.82. The van der Waals surface area contributed by atoms with Crippen molar-refractivity contribution in [1.29, 1.82) is 0 Å². The van der Waals surface area contributed by atoms with Crippen molar-refractivity contribution >= 4 is 17.2 Å². The first-order valence-electron chi connectivity index (χ1n) is 8.93. The lowest BCUT2D eigenvalue weighted by atomic mass is 9.97. The highest BCUT2D eigenvalue weighted by molar-refractivity contribution is 6.05. The van der Waals surface area contributed by atoms with E-state index in [9.17, 15) is 4.79 Å². The van der Waals surface area contributed by atoms with Crippen LogP contribution in [0.1, 0.15) is 60.4 Å². The van der Waals surface area contributed by atoms with Crippen LogP contribution in [0.3, 0.4) is 0 Å². The fourth-order valence-corrected chi connectivity index (χ4v) is 3.18. The average Bonchev–Trinajstić information content (AvgIpc) is 3.01. The van der Waals surface area contributed by atoms with Crippen LogP contribution in [0.25, 0.3) is 5.65 Å². The number of nitrogens with zero attached hydrogens (tertiary/aromatic N) is 2. The van der Waals surface area contributed by atoms with Gasteiger partial charge in [-0.15, -0.1) is 0 Å². The van der Waals surface area contributed by atoms with Crippen molar-refractivity contribution in [2.24, 2.45) is 0 Å². The number of fused-ring (bicyclic) bond motifs is 1. The quantitative estimate of drug-likeness (QED) is 0.715. The molecule has 0 bridgehead atoms. The van der Waals surface area contributed by atoms with Crippen molar-refractivity contribution < 1.29 is 4.79 Å². The number of carbonyl (C=O) groups excluding carboxylic acids is 1. The molecule has 1 N–H and O–H groups in total. The number of pyridine rings is 1. The van der Waals surface area contributed by atoms with Crippen molar-refractivity contribution in [1.82, 2.24) is 9.38 Å². The fraction of sp³-hybridized carbons (Fsp3) is 0.333. The Hall–Kier alpha value is -2.62. The molecule has 0 aliphatic carbocycles. The highest BCUT2D eigenvalue weighted by Crippen LogP contribution is 2.27. The number of nitrogens with one attached hydrogen (secondary N) is 1. The monoisotopic (exact) mass is 335 g/mol. The summed E-state index contributed by atoms with van der Waals surface area (Å²) < 4.78 is 1.90. The van der Waals surface area contributed by atoms with Crippen LogP contribution in [-0.2, 0) is 6.42 Å². The number of anilines is 1. The van der Waals surface area contributed by atoms with E-state index in [2.05, 4.69) is 30.2 Å². The summed E-state index contributed by atoms with van der Waals surface area (Å²) in [5.74, 6) is 0.289. The topological polar surface area (TPSA) is 46.4 Å². The number of imidazole rings is 1. The van der Waals surface area contributed by atoms with Gasteiger partial charge in [-0.2, -0.15) is 0 Å². The Balaban J connectivity index is 2.03. The zero-order chi connectivity index (χ0) is 18.0. The standard InChI is InChI=1S/C21H25N3O/c1-5-14(3)16-11-7-8-12-18(16)23-21(25)19-17(6-2)22-20-15(4)10-9-13-24(19)20/h7-14H,5-6H2,1-4H3,(H,23,25). The molecule has 0 radical (unpaired) electrons. The van der Waals surface area contributed by atoms with E-state index in [0.717, 1.165) is 35.4 Å². The minimum Gasteiger partial charge on any atom is -0.320 e. The lowest BCUT2D eigenvalue weighted by Gasteiger charge is -2.16. The molecule has 1 amide bonds. The minimum absolute atomic E-state index is 0.106. The molecule has 0 aliphatic rings. The molecule has 1 aromatic carbocycles. The van der Waals surface area contributed by atoms with Gasteiger partial charge in [-0.05, 0) is 48.9 Å². The zero-order valence-electron chi connectivity index (χ0n) is 15.3. The largest absolute Gasteiger partial charge is 0.320 e. The summed E-state index contributed by atoms with van der Waals surface area (Å²) in [5, 5.41) is 3.11. The number of rotatable bonds is 5. The highest BCUT2D eigenvalue weighted by Gasteiger charge is 2.20. The Morgan fingerprint density at radius 2 is 1.96 bits per heavy atom. The third kappa shape index (κ3) is 3.16. The Labute approximate surface area is 148 Å². The molecule has 2 heterocycles. The van der Waals surface area contributed by atoms with Gasteiger partial charge >= 0.3 is 0 Å². The van der Waals surface area contributed by atoms with E-state index in [0.29, 0.717) is 11.6 Å². The van der Waals surface area contributed by atoms with Crippen molar-refractivity contribution in [3.05, 3.63) is 65.1 Å². The van der Waals surface area contributed by atoms with Gasteiger partial charge in [0.05, 0.1) is 5.69 Å². The summed E-state index contributed by atoms with van der Waals surface area (Å²) in [7, 11) is 0. The number of carbonyl (C=O) groups is 1. The van der Waals surface area contributed by atoms with E-state index in [4.69, 9.17) is 0 Å². The highest BCUT2D eigenvalue weighted by atomic mass is 16.2. The van der Waals surface area contributed by atoms with Crippen LogP contribution in [0.4, 0.5) is 5.69 Å². The molecule has 0 saturated carbocycles. The van der Waals surface area contributed by atoms with E-state index >= 15 is 0 Å². The summed E-state index contributed by atoms with van der Waals surface area (Å²) >= 11 is 0. The molecule has 1 atom stereocenters. The predicted molar refractivity (Wildman–Crippen MR) is 102 cm³/mol.